The van der Waals surface area contributed by atoms with Crippen LogP contribution in [0.15, 0.2) is 36.4 Å². The Morgan fingerprint density at radius 3 is 2.43 bits per heavy atom. The average Bonchev–Trinajstić information content (AvgIpc) is 3.53. The number of rotatable bonds is 9. The Balaban J connectivity index is 1.62. The standard InChI is InChI=1S/C23H29N3O4/c1-15-11-20(29-3)21(30-4)12-16(15)13-26(2)14-22(27)25-19-8-6-5-7-18(19)23(28)24-17-9-10-17/h5-8,11-12,17H,9-10,13-14H2,1-4H3,(H,24,28)(H,25,27). The van der Waals surface area contributed by atoms with Gasteiger partial charge in [-0.2, -0.15) is 0 Å². The number of hydrogen-bond acceptors (Lipinski definition) is 5. The van der Waals surface area contributed by atoms with Gasteiger partial charge >= 0.3 is 0 Å². The fourth-order valence-electron chi connectivity index (χ4n) is 3.26. The third kappa shape index (κ3) is 5.51. The Hall–Kier alpha value is -3.06. The first kappa shape index (κ1) is 21.6. The van der Waals surface area contributed by atoms with E-state index >= 15 is 0 Å². The van der Waals surface area contributed by atoms with Gasteiger partial charge in [0.15, 0.2) is 11.5 Å². The van der Waals surface area contributed by atoms with Crippen LogP contribution >= 0.6 is 0 Å². The van der Waals surface area contributed by atoms with Crippen LogP contribution in [0.2, 0.25) is 0 Å². The zero-order chi connectivity index (χ0) is 21.7. The summed E-state index contributed by atoms with van der Waals surface area (Å²) in [6.07, 6.45) is 2.03. The van der Waals surface area contributed by atoms with E-state index in [2.05, 4.69) is 10.6 Å². The van der Waals surface area contributed by atoms with E-state index < -0.39 is 0 Å². The van der Waals surface area contributed by atoms with E-state index in [9.17, 15) is 9.59 Å². The van der Waals surface area contributed by atoms with Gasteiger partial charge in [-0.05, 0) is 62.2 Å². The third-order valence-corrected chi connectivity index (χ3v) is 5.05. The van der Waals surface area contributed by atoms with Crippen LogP contribution in [0.25, 0.3) is 0 Å². The highest BCUT2D eigenvalue weighted by Crippen LogP contribution is 2.30. The van der Waals surface area contributed by atoms with Crippen molar-refractivity contribution < 1.29 is 19.1 Å². The second-order valence-electron chi connectivity index (χ2n) is 7.65. The lowest BCUT2D eigenvalue weighted by Gasteiger charge is -2.20. The van der Waals surface area contributed by atoms with Crippen LogP contribution in [0.4, 0.5) is 5.69 Å². The summed E-state index contributed by atoms with van der Waals surface area (Å²) < 4.78 is 10.7. The summed E-state index contributed by atoms with van der Waals surface area (Å²) in [6, 6.07) is 11.2. The molecular formula is C23H29N3O4. The minimum atomic E-state index is -0.178. The molecule has 2 aromatic carbocycles. The molecule has 0 atom stereocenters. The van der Waals surface area contributed by atoms with Crippen molar-refractivity contribution >= 4 is 17.5 Å². The number of carbonyl (C=O) groups excluding carboxylic acids is 2. The molecule has 2 N–H and O–H groups in total. The minimum Gasteiger partial charge on any atom is -0.493 e. The van der Waals surface area contributed by atoms with Crippen molar-refractivity contribution in [2.24, 2.45) is 0 Å². The smallest absolute Gasteiger partial charge is 0.253 e. The molecule has 1 aliphatic rings. The predicted octanol–water partition coefficient (Wildman–Crippen LogP) is 2.97. The Morgan fingerprint density at radius 2 is 1.77 bits per heavy atom. The van der Waals surface area contributed by atoms with E-state index in [-0.39, 0.29) is 24.4 Å². The SMILES string of the molecule is COc1cc(C)c(CN(C)CC(=O)Nc2ccccc2C(=O)NC2CC2)cc1OC. The molecule has 2 amide bonds. The molecule has 7 heteroatoms. The quantitative estimate of drug-likeness (QED) is 0.663. The van der Waals surface area contributed by atoms with Gasteiger partial charge in [0.2, 0.25) is 5.91 Å². The number of likely N-dealkylation sites (N-methyl/N-ethyl adjacent to an activating group) is 1. The number of nitrogens with zero attached hydrogens (tertiary/aromatic N) is 1. The lowest BCUT2D eigenvalue weighted by molar-refractivity contribution is -0.117. The molecule has 0 unspecified atom stereocenters. The number of benzene rings is 2. The van der Waals surface area contributed by atoms with Crippen LogP contribution in [0, 0.1) is 6.92 Å². The predicted molar refractivity (Wildman–Crippen MR) is 116 cm³/mol. The van der Waals surface area contributed by atoms with Crippen LogP contribution in [-0.4, -0.2) is 50.6 Å². The molecule has 7 nitrogen and oxygen atoms in total. The summed E-state index contributed by atoms with van der Waals surface area (Å²) in [6.45, 7) is 2.76. The van der Waals surface area contributed by atoms with Crippen molar-refractivity contribution in [1.29, 1.82) is 0 Å². The van der Waals surface area contributed by atoms with Crippen molar-refractivity contribution in [2.45, 2.75) is 32.4 Å². The molecular weight excluding hydrogens is 382 g/mol. The molecule has 1 aliphatic carbocycles. The number of methoxy groups -OCH3 is 2. The molecule has 0 spiro atoms. The summed E-state index contributed by atoms with van der Waals surface area (Å²) in [5.41, 5.74) is 3.11. The number of nitrogens with one attached hydrogen (secondary N) is 2. The molecule has 0 saturated heterocycles. The number of amides is 2. The molecule has 30 heavy (non-hydrogen) atoms. The van der Waals surface area contributed by atoms with Crippen molar-refractivity contribution in [3.63, 3.8) is 0 Å². The van der Waals surface area contributed by atoms with Gasteiger partial charge in [-0.3, -0.25) is 14.5 Å². The largest absolute Gasteiger partial charge is 0.493 e. The molecule has 0 heterocycles. The van der Waals surface area contributed by atoms with Gasteiger partial charge in [0.05, 0.1) is 32.0 Å². The molecule has 160 valence electrons. The van der Waals surface area contributed by atoms with E-state index in [4.69, 9.17) is 9.47 Å². The topological polar surface area (TPSA) is 79.9 Å². The Bertz CT molecular complexity index is 925. The van der Waals surface area contributed by atoms with Crippen molar-refractivity contribution in [1.82, 2.24) is 10.2 Å². The third-order valence-electron chi connectivity index (χ3n) is 5.05. The first-order valence-corrected chi connectivity index (χ1v) is 10.0. The van der Waals surface area contributed by atoms with Gasteiger partial charge in [0.25, 0.3) is 5.91 Å². The molecule has 1 fully saturated rings. The molecule has 0 radical (unpaired) electrons. The van der Waals surface area contributed by atoms with E-state index in [1.54, 1.807) is 38.5 Å². The highest BCUT2D eigenvalue weighted by atomic mass is 16.5. The lowest BCUT2D eigenvalue weighted by atomic mass is 10.1. The number of aryl methyl sites for hydroxylation is 1. The number of hydrogen-bond donors (Lipinski definition) is 2. The summed E-state index contributed by atoms with van der Waals surface area (Å²) in [5.74, 6) is 1.01. The molecule has 3 rings (SSSR count). The monoisotopic (exact) mass is 411 g/mol. The van der Waals surface area contributed by atoms with Gasteiger partial charge in [0.1, 0.15) is 0 Å². The Morgan fingerprint density at radius 1 is 1.10 bits per heavy atom. The summed E-state index contributed by atoms with van der Waals surface area (Å²) >= 11 is 0. The van der Waals surface area contributed by atoms with Crippen LogP contribution in [0.1, 0.15) is 34.3 Å². The maximum absolute atomic E-state index is 12.6. The molecule has 0 bridgehead atoms. The van der Waals surface area contributed by atoms with Crippen molar-refractivity contribution in [3.05, 3.63) is 53.1 Å². The maximum Gasteiger partial charge on any atom is 0.253 e. The normalized spacial score (nSPS) is 13.1. The summed E-state index contributed by atoms with van der Waals surface area (Å²) in [4.78, 5) is 26.9. The Labute approximate surface area is 177 Å². The number of ether oxygens (including phenoxy) is 2. The molecule has 0 aliphatic heterocycles. The van der Waals surface area contributed by atoms with Gasteiger partial charge in [-0.15, -0.1) is 0 Å². The van der Waals surface area contributed by atoms with E-state index in [1.165, 1.54) is 0 Å². The Kier molecular flexibility index (Phi) is 6.95. The molecule has 1 saturated carbocycles. The summed E-state index contributed by atoms with van der Waals surface area (Å²) in [5, 5.41) is 5.83. The average molecular weight is 412 g/mol. The fraction of sp³-hybridized carbons (Fsp3) is 0.391. The lowest BCUT2D eigenvalue weighted by Crippen LogP contribution is -2.31. The van der Waals surface area contributed by atoms with Crippen molar-refractivity contribution in [3.8, 4) is 11.5 Å². The van der Waals surface area contributed by atoms with Gasteiger partial charge in [-0.1, -0.05) is 12.1 Å². The van der Waals surface area contributed by atoms with Crippen molar-refractivity contribution in [2.75, 3.05) is 33.1 Å². The number of para-hydroxylation sites is 1. The van der Waals surface area contributed by atoms with Gasteiger partial charge < -0.3 is 20.1 Å². The van der Waals surface area contributed by atoms with Gasteiger partial charge in [-0.25, -0.2) is 0 Å². The first-order valence-electron chi connectivity index (χ1n) is 10.0. The maximum atomic E-state index is 12.6. The number of anilines is 1. The first-order chi connectivity index (χ1) is 14.4. The van der Waals surface area contributed by atoms with Gasteiger partial charge in [0, 0.05) is 12.6 Å². The molecule has 2 aromatic rings. The van der Waals surface area contributed by atoms with Crippen LogP contribution in [0.5, 0.6) is 11.5 Å². The summed E-state index contributed by atoms with van der Waals surface area (Å²) in [7, 11) is 5.09. The van der Waals surface area contributed by atoms with Crippen LogP contribution in [0.3, 0.4) is 0 Å². The van der Waals surface area contributed by atoms with E-state index in [0.717, 1.165) is 24.0 Å². The highest BCUT2D eigenvalue weighted by molar-refractivity contribution is 6.04. The van der Waals surface area contributed by atoms with E-state index in [0.29, 0.717) is 29.3 Å². The number of carbonyl (C=O) groups is 2. The van der Waals surface area contributed by atoms with Crippen LogP contribution < -0.4 is 20.1 Å². The highest BCUT2D eigenvalue weighted by Gasteiger charge is 2.25. The zero-order valence-corrected chi connectivity index (χ0v) is 18.0. The minimum absolute atomic E-state index is 0.150. The van der Waals surface area contributed by atoms with E-state index in [1.807, 2.05) is 31.0 Å². The zero-order valence-electron chi connectivity index (χ0n) is 18.0. The van der Waals surface area contributed by atoms with Crippen LogP contribution in [-0.2, 0) is 11.3 Å². The second-order valence-corrected chi connectivity index (χ2v) is 7.65. The molecule has 0 aromatic heterocycles. The fourth-order valence-corrected chi connectivity index (χ4v) is 3.26. The second kappa shape index (κ2) is 9.63.